The zero-order chi connectivity index (χ0) is 20.8. The topological polar surface area (TPSA) is 67.9 Å². The summed E-state index contributed by atoms with van der Waals surface area (Å²) in [5, 5.41) is 2.76. The van der Waals surface area contributed by atoms with Crippen LogP contribution in [0.4, 0.5) is 13.6 Å². The number of hydrogen-bond donors (Lipinski definition) is 1. The second-order valence-electron chi connectivity index (χ2n) is 7.03. The maximum atomic E-state index is 14.3. The number of imide groups is 1. The Morgan fingerprint density at radius 3 is 2.72 bits per heavy atom. The van der Waals surface area contributed by atoms with Gasteiger partial charge in [0.15, 0.2) is 11.5 Å². The Kier molecular flexibility index (Phi) is 4.82. The summed E-state index contributed by atoms with van der Waals surface area (Å²) in [6, 6.07) is 5.27. The number of halogens is 3. The highest BCUT2D eigenvalue weighted by Crippen LogP contribution is 2.39. The van der Waals surface area contributed by atoms with E-state index in [9.17, 15) is 18.4 Å². The molecule has 29 heavy (non-hydrogen) atoms. The van der Waals surface area contributed by atoms with Crippen LogP contribution in [0, 0.1) is 11.6 Å². The molecule has 0 aliphatic carbocycles. The molecule has 152 valence electrons. The minimum absolute atomic E-state index is 0.118. The van der Waals surface area contributed by atoms with E-state index in [1.165, 1.54) is 6.92 Å². The third-order valence-electron chi connectivity index (χ3n) is 4.94. The number of rotatable bonds is 3. The third-order valence-corrected chi connectivity index (χ3v) is 5.23. The first-order valence-corrected chi connectivity index (χ1v) is 9.35. The summed E-state index contributed by atoms with van der Waals surface area (Å²) in [7, 11) is 0. The SMILES string of the molecule is C[C@@]1(c2cc(F)ccc2F)NC(=O)N(Cc2cc(Cl)c3c(c2)OCCCO3)C1=O. The molecule has 0 aromatic heterocycles. The van der Waals surface area contributed by atoms with Crippen LogP contribution < -0.4 is 14.8 Å². The van der Waals surface area contributed by atoms with Gasteiger partial charge in [-0.2, -0.15) is 0 Å². The van der Waals surface area contributed by atoms with Gasteiger partial charge in [0.1, 0.15) is 17.2 Å². The van der Waals surface area contributed by atoms with E-state index in [0.717, 1.165) is 23.1 Å². The van der Waals surface area contributed by atoms with E-state index in [-0.39, 0.29) is 12.1 Å². The number of ether oxygens (including phenoxy) is 2. The quantitative estimate of drug-likeness (QED) is 0.765. The molecule has 2 heterocycles. The van der Waals surface area contributed by atoms with Gasteiger partial charge in [0.2, 0.25) is 0 Å². The van der Waals surface area contributed by atoms with Gasteiger partial charge in [-0.05, 0) is 42.8 Å². The number of carbonyl (C=O) groups excluding carboxylic acids is 2. The Morgan fingerprint density at radius 1 is 1.17 bits per heavy atom. The van der Waals surface area contributed by atoms with Crippen LogP contribution in [0.5, 0.6) is 11.5 Å². The number of fused-ring (bicyclic) bond motifs is 1. The molecule has 0 spiro atoms. The van der Waals surface area contributed by atoms with Gasteiger partial charge < -0.3 is 14.8 Å². The molecular formula is C20H17ClF2N2O4. The van der Waals surface area contributed by atoms with Crippen molar-refractivity contribution in [1.82, 2.24) is 10.2 Å². The molecular weight excluding hydrogens is 406 g/mol. The molecule has 9 heteroatoms. The standard InChI is InChI=1S/C20H17ClF2N2O4/c1-20(13-9-12(22)3-4-15(13)23)18(26)25(19(27)24-20)10-11-7-14(21)17-16(8-11)28-5-2-6-29-17/h3-4,7-9H,2,5-6,10H2,1H3,(H,24,27)/t20-/m0/s1. The molecule has 0 unspecified atom stereocenters. The number of carbonyl (C=O) groups is 2. The number of urea groups is 1. The highest BCUT2D eigenvalue weighted by atomic mass is 35.5. The van der Waals surface area contributed by atoms with Crippen LogP contribution in [0.3, 0.4) is 0 Å². The molecule has 0 saturated carbocycles. The lowest BCUT2D eigenvalue weighted by atomic mass is 9.91. The number of benzene rings is 2. The Balaban J connectivity index is 1.64. The zero-order valence-electron chi connectivity index (χ0n) is 15.4. The Morgan fingerprint density at radius 2 is 1.93 bits per heavy atom. The number of nitrogens with one attached hydrogen (secondary N) is 1. The van der Waals surface area contributed by atoms with E-state index < -0.39 is 29.1 Å². The maximum Gasteiger partial charge on any atom is 0.325 e. The van der Waals surface area contributed by atoms with E-state index >= 15 is 0 Å². The molecule has 2 aliphatic rings. The minimum atomic E-state index is -1.72. The molecule has 2 aliphatic heterocycles. The summed E-state index contributed by atoms with van der Waals surface area (Å²) in [6.07, 6.45) is 0.699. The van der Waals surface area contributed by atoms with Crippen molar-refractivity contribution in [3.05, 3.63) is 58.1 Å². The highest BCUT2D eigenvalue weighted by molar-refractivity contribution is 6.32. The molecule has 2 aromatic rings. The lowest BCUT2D eigenvalue weighted by Crippen LogP contribution is -2.41. The van der Waals surface area contributed by atoms with Gasteiger partial charge in [-0.3, -0.25) is 9.69 Å². The van der Waals surface area contributed by atoms with E-state index in [2.05, 4.69) is 5.32 Å². The van der Waals surface area contributed by atoms with E-state index in [4.69, 9.17) is 21.1 Å². The van der Waals surface area contributed by atoms with Gasteiger partial charge in [-0.25, -0.2) is 13.6 Å². The first kappa shape index (κ1) is 19.4. The molecule has 3 amide bonds. The van der Waals surface area contributed by atoms with Crippen molar-refractivity contribution in [2.75, 3.05) is 13.2 Å². The predicted octanol–water partition coefficient (Wildman–Crippen LogP) is 3.75. The van der Waals surface area contributed by atoms with Crippen LogP contribution in [-0.2, 0) is 16.9 Å². The second kappa shape index (κ2) is 7.18. The molecule has 4 rings (SSSR count). The lowest BCUT2D eigenvalue weighted by molar-refractivity contribution is -0.131. The second-order valence-corrected chi connectivity index (χ2v) is 7.43. The van der Waals surface area contributed by atoms with Crippen LogP contribution in [0.25, 0.3) is 0 Å². The Bertz CT molecular complexity index is 1020. The van der Waals surface area contributed by atoms with E-state index in [1.54, 1.807) is 12.1 Å². The normalized spacial score (nSPS) is 21.2. The van der Waals surface area contributed by atoms with Crippen molar-refractivity contribution in [3.8, 4) is 11.5 Å². The summed E-state index contributed by atoms with van der Waals surface area (Å²) in [6.45, 7) is 2.14. The third kappa shape index (κ3) is 3.37. The summed E-state index contributed by atoms with van der Waals surface area (Å²) < 4.78 is 39.1. The number of amides is 3. The van der Waals surface area contributed by atoms with Gasteiger partial charge in [0.25, 0.3) is 5.91 Å². The fourth-order valence-corrected chi connectivity index (χ4v) is 3.75. The molecule has 0 radical (unpaired) electrons. The fraction of sp³-hybridized carbons (Fsp3) is 0.300. The lowest BCUT2D eigenvalue weighted by Gasteiger charge is -2.23. The molecule has 1 fully saturated rings. The number of nitrogens with zero attached hydrogens (tertiary/aromatic N) is 1. The zero-order valence-corrected chi connectivity index (χ0v) is 16.2. The van der Waals surface area contributed by atoms with E-state index in [0.29, 0.717) is 41.7 Å². The van der Waals surface area contributed by atoms with Crippen molar-refractivity contribution in [3.63, 3.8) is 0 Å². The summed E-state index contributed by atoms with van der Waals surface area (Å²) >= 11 is 6.27. The molecule has 1 N–H and O–H groups in total. The highest BCUT2D eigenvalue weighted by Gasteiger charge is 2.50. The minimum Gasteiger partial charge on any atom is -0.489 e. The van der Waals surface area contributed by atoms with Gasteiger partial charge in [0.05, 0.1) is 24.8 Å². The summed E-state index contributed by atoms with van der Waals surface area (Å²) in [5.74, 6) is -1.36. The van der Waals surface area contributed by atoms with Crippen LogP contribution >= 0.6 is 11.6 Å². The molecule has 1 saturated heterocycles. The van der Waals surface area contributed by atoms with Gasteiger partial charge in [-0.15, -0.1) is 0 Å². The van der Waals surface area contributed by atoms with Crippen molar-refractivity contribution < 1.29 is 27.8 Å². The van der Waals surface area contributed by atoms with Crippen molar-refractivity contribution in [1.29, 1.82) is 0 Å². The molecule has 0 bridgehead atoms. The van der Waals surface area contributed by atoms with E-state index in [1.807, 2.05) is 0 Å². The van der Waals surface area contributed by atoms with Crippen molar-refractivity contribution in [2.24, 2.45) is 0 Å². The molecule has 2 aromatic carbocycles. The van der Waals surface area contributed by atoms with Crippen LogP contribution in [0.15, 0.2) is 30.3 Å². The number of hydrogen-bond acceptors (Lipinski definition) is 4. The van der Waals surface area contributed by atoms with Gasteiger partial charge >= 0.3 is 6.03 Å². The maximum absolute atomic E-state index is 14.3. The summed E-state index contributed by atoms with van der Waals surface area (Å²) in [4.78, 5) is 26.4. The predicted molar refractivity (Wildman–Crippen MR) is 99.9 cm³/mol. The van der Waals surface area contributed by atoms with Crippen molar-refractivity contribution in [2.45, 2.75) is 25.4 Å². The molecule has 1 atom stereocenters. The Labute approximate surface area is 170 Å². The smallest absolute Gasteiger partial charge is 0.325 e. The average molecular weight is 423 g/mol. The molecule has 6 nitrogen and oxygen atoms in total. The van der Waals surface area contributed by atoms with Crippen LogP contribution in [-0.4, -0.2) is 30.1 Å². The monoisotopic (exact) mass is 422 g/mol. The van der Waals surface area contributed by atoms with Crippen molar-refractivity contribution >= 4 is 23.5 Å². The van der Waals surface area contributed by atoms with Gasteiger partial charge in [0, 0.05) is 12.0 Å². The largest absolute Gasteiger partial charge is 0.489 e. The average Bonchev–Trinajstić information content (AvgIpc) is 2.85. The first-order chi connectivity index (χ1) is 13.8. The summed E-state index contributed by atoms with van der Waals surface area (Å²) in [5.41, 5.74) is -1.43. The van der Waals surface area contributed by atoms with Gasteiger partial charge in [-0.1, -0.05) is 11.6 Å². The fourth-order valence-electron chi connectivity index (χ4n) is 3.46. The Hall–Kier alpha value is -2.87. The van der Waals surface area contributed by atoms with Crippen LogP contribution in [0.1, 0.15) is 24.5 Å². The van der Waals surface area contributed by atoms with Crippen LogP contribution in [0.2, 0.25) is 5.02 Å². The first-order valence-electron chi connectivity index (χ1n) is 8.97.